The van der Waals surface area contributed by atoms with Crippen LogP contribution in [0.25, 0.3) is 11.0 Å². The van der Waals surface area contributed by atoms with E-state index in [0.29, 0.717) is 23.6 Å². The van der Waals surface area contributed by atoms with E-state index in [9.17, 15) is 4.79 Å². The zero-order valence-corrected chi connectivity index (χ0v) is 18.1. The Bertz CT molecular complexity index is 1290. The van der Waals surface area contributed by atoms with Gasteiger partial charge in [-0.2, -0.15) is 0 Å². The van der Waals surface area contributed by atoms with Crippen molar-refractivity contribution in [2.45, 2.75) is 32.4 Å². The zero-order valence-electron chi connectivity index (χ0n) is 18.1. The van der Waals surface area contributed by atoms with Crippen molar-refractivity contribution in [2.24, 2.45) is 0 Å². The van der Waals surface area contributed by atoms with E-state index in [0.717, 1.165) is 40.9 Å². The topological polar surface area (TPSA) is 108 Å². The van der Waals surface area contributed by atoms with E-state index in [1.807, 2.05) is 24.4 Å². The van der Waals surface area contributed by atoms with Gasteiger partial charge in [0, 0.05) is 49.0 Å². The van der Waals surface area contributed by atoms with E-state index in [1.165, 1.54) is 0 Å². The molecule has 8 heteroatoms. The van der Waals surface area contributed by atoms with Crippen molar-refractivity contribution in [2.75, 3.05) is 17.2 Å². The van der Waals surface area contributed by atoms with Crippen LogP contribution in [0.3, 0.4) is 0 Å². The number of rotatable bonds is 5. The Hall–Kier alpha value is -3.78. The standard InChI is InChI=1S/C24H25N7O/c1-24(2)14-25-11-16-10-17(13-29-20(16)24)31-23(32)19-4-3-7-26-22(19)30-12-15-5-8-27-21-18(15)6-9-28-21/h3-10,13,25H,11-12,14H2,1-2H3,(H,26,30)(H,27,28)(H,31,32). The number of nitrogens with one attached hydrogen (secondary N) is 4. The van der Waals surface area contributed by atoms with Gasteiger partial charge in [0.15, 0.2) is 0 Å². The molecule has 0 atom stereocenters. The van der Waals surface area contributed by atoms with Crippen molar-refractivity contribution in [3.63, 3.8) is 0 Å². The maximum atomic E-state index is 13.1. The molecule has 162 valence electrons. The maximum Gasteiger partial charge on any atom is 0.259 e. The van der Waals surface area contributed by atoms with Crippen molar-refractivity contribution in [3.05, 3.63) is 77.5 Å². The number of nitrogens with zero attached hydrogens (tertiary/aromatic N) is 3. The predicted molar refractivity (Wildman–Crippen MR) is 125 cm³/mol. The van der Waals surface area contributed by atoms with Crippen LogP contribution < -0.4 is 16.0 Å². The minimum Gasteiger partial charge on any atom is -0.365 e. The van der Waals surface area contributed by atoms with Crippen LogP contribution >= 0.6 is 0 Å². The second-order valence-corrected chi connectivity index (χ2v) is 8.64. The number of fused-ring (bicyclic) bond motifs is 2. The van der Waals surface area contributed by atoms with Crippen LogP contribution in [-0.2, 0) is 18.5 Å². The van der Waals surface area contributed by atoms with Crippen molar-refractivity contribution < 1.29 is 4.79 Å². The van der Waals surface area contributed by atoms with Crippen LogP contribution in [0.2, 0.25) is 0 Å². The van der Waals surface area contributed by atoms with Gasteiger partial charge in [-0.05, 0) is 41.5 Å². The largest absolute Gasteiger partial charge is 0.365 e. The summed E-state index contributed by atoms with van der Waals surface area (Å²) in [6, 6.07) is 9.47. The van der Waals surface area contributed by atoms with Gasteiger partial charge in [-0.25, -0.2) is 9.97 Å². The van der Waals surface area contributed by atoms with Crippen LogP contribution in [0.5, 0.6) is 0 Å². The molecule has 0 spiro atoms. The molecule has 1 aliphatic rings. The van der Waals surface area contributed by atoms with Gasteiger partial charge < -0.3 is 20.9 Å². The monoisotopic (exact) mass is 427 g/mol. The summed E-state index contributed by atoms with van der Waals surface area (Å²) in [6.07, 6.45) is 7.03. The second-order valence-electron chi connectivity index (χ2n) is 8.64. The lowest BCUT2D eigenvalue weighted by Gasteiger charge is -2.32. The molecule has 32 heavy (non-hydrogen) atoms. The Labute approximate surface area is 185 Å². The van der Waals surface area contributed by atoms with E-state index < -0.39 is 0 Å². The highest BCUT2D eigenvalue weighted by molar-refractivity contribution is 6.07. The molecule has 0 saturated heterocycles. The fourth-order valence-corrected chi connectivity index (χ4v) is 4.20. The number of pyridine rings is 3. The lowest BCUT2D eigenvalue weighted by atomic mass is 9.83. The molecule has 1 aliphatic heterocycles. The highest BCUT2D eigenvalue weighted by atomic mass is 16.1. The Kier molecular flexibility index (Phi) is 5.07. The molecule has 0 radical (unpaired) electrons. The highest BCUT2D eigenvalue weighted by Gasteiger charge is 2.29. The molecule has 4 aromatic heterocycles. The minimum absolute atomic E-state index is 0.0333. The van der Waals surface area contributed by atoms with Crippen molar-refractivity contribution >= 4 is 28.4 Å². The van der Waals surface area contributed by atoms with E-state index in [1.54, 1.807) is 30.7 Å². The third kappa shape index (κ3) is 3.80. The van der Waals surface area contributed by atoms with Crippen LogP contribution in [0.15, 0.2) is 55.1 Å². The first kappa shape index (κ1) is 20.1. The summed E-state index contributed by atoms with van der Waals surface area (Å²) in [7, 11) is 0. The average molecular weight is 428 g/mol. The molecular formula is C24H25N7O. The lowest BCUT2D eigenvalue weighted by Crippen LogP contribution is -2.39. The van der Waals surface area contributed by atoms with Gasteiger partial charge in [0.2, 0.25) is 0 Å². The quantitative estimate of drug-likeness (QED) is 0.388. The van der Waals surface area contributed by atoms with E-state index in [4.69, 9.17) is 0 Å². The molecule has 5 rings (SSSR count). The maximum absolute atomic E-state index is 13.1. The number of carbonyl (C=O) groups excluding carboxylic acids is 1. The van der Waals surface area contributed by atoms with Crippen LogP contribution in [0.1, 0.15) is 41.0 Å². The Morgan fingerprint density at radius 1 is 1.16 bits per heavy atom. The molecule has 0 saturated carbocycles. The summed E-state index contributed by atoms with van der Waals surface area (Å²) >= 11 is 0. The van der Waals surface area contributed by atoms with Crippen LogP contribution in [-0.4, -0.2) is 32.4 Å². The molecular weight excluding hydrogens is 402 g/mol. The summed E-state index contributed by atoms with van der Waals surface area (Å²) in [6.45, 7) is 6.49. The van der Waals surface area contributed by atoms with Crippen molar-refractivity contribution in [3.8, 4) is 0 Å². The summed E-state index contributed by atoms with van der Waals surface area (Å²) in [5.74, 6) is 0.297. The number of anilines is 2. The number of amides is 1. The van der Waals surface area contributed by atoms with E-state index in [2.05, 4.69) is 49.7 Å². The van der Waals surface area contributed by atoms with Gasteiger partial charge in [0.1, 0.15) is 11.5 Å². The molecule has 8 nitrogen and oxygen atoms in total. The minimum atomic E-state index is -0.230. The number of carbonyl (C=O) groups is 1. The predicted octanol–water partition coefficient (Wildman–Crippen LogP) is 3.60. The molecule has 0 fully saturated rings. The van der Waals surface area contributed by atoms with Crippen molar-refractivity contribution in [1.29, 1.82) is 0 Å². The van der Waals surface area contributed by atoms with Gasteiger partial charge >= 0.3 is 0 Å². The molecule has 0 aliphatic carbocycles. The number of hydrogen-bond donors (Lipinski definition) is 4. The molecule has 4 N–H and O–H groups in total. The fraction of sp³-hybridized carbons (Fsp3) is 0.250. The molecule has 4 aromatic rings. The summed E-state index contributed by atoms with van der Waals surface area (Å²) in [4.78, 5) is 29.5. The summed E-state index contributed by atoms with van der Waals surface area (Å²) in [5.41, 5.74) is 5.20. The Morgan fingerprint density at radius 3 is 2.97 bits per heavy atom. The summed E-state index contributed by atoms with van der Waals surface area (Å²) in [5, 5.41) is 10.7. The molecule has 0 bridgehead atoms. The van der Waals surface area contributed by atoms with Gasteiger partial charge in [0.25, 0.3) is 5.91 Å². The summed E-state index contributed by atoms with van der Waals surface area (Å²) < 4.78 is 0. The Morgan fingerprint density at radius 2 is 2.06 bits per heavy atom. The Balaban J connectivity index is 1.34. The van der Waals surface area contributed by atoms with E-state index in [-0.39, 0.29) is 11.3 Å². The number of aromatic nitrogens is 4. The second kappa shape index (κ2) is 8.05. The molecule has 0 unspecified atom stereocenters. The van der Waals surface area contributed by atoms with Gasteiger partial charge in [-0.1, -0.05) is 13.8 Å². The van der Waals surface area contributed by atoms with Gasteiger partial charge in [0.05, 0.1) is 23.1 Å². The third-order valence-electron chi connectivity index (χ3n) is 5.80. The van der Waals surface area contributed by atoms with Gasteiger partial charge in [-0.3, -0.25) is 9.78 Å². The number of hydrogen-bond acceptors (Lipinski definition) is 6. The fourth-order valence-electron chi connectivity index (χ4n) is 4.20. The van der Waals surface area contributed by atoms with Crippen LogP contribution in [0.4, 0.5) is 11.5 Å². The van der Waals surface area contributed by atoms with Crippen molar-refractivity contribution in [1.82, 2.24) is 25.3 Å². The zero-order chi connectivity index (χ0) is 22.1. The first-order chi connectivity index (χ1) is 15.5. The molecule has 0 aromatic carbocycles. The van der Waals surface area contributed by atoms with Crippen LogP contribution in [0, 0.1) is 0 Å². The van der Waals surface area contributed by atoms with Gasteiger partial charge in [-0.15, -0.1) is 0 Å². The third-order valence-corrected chi connectivity index (χ3v) is 5.80. The number of aromatic amines is 1. The highest BCUT2D eigenvalue weighted by Crippen LogP contribution is 2.29. The number of H-pyrrole nitrogens is 1. The first-order valence-electron chi connectivity index (χ1n) is 10.6. The van der Waals surface area contributed by atoms with E-state index >= 15 is 0 Å². The molecule has 1 amide bonds. The first-order valence-corrected chi connectivity index (χ1v) is 10.6. The SMILES string of the molecule is CC1(C)CNCc2cc(NC(=O)c3cccnc3NCc3ccnc4[nH]ccc34)cnc21. The smallest absolute Gasteiger partial charge is 0.259 e. The molecule has 5 heterocycles. The average Bonchev–Trinajstić information content (AvgIpc) is 3.27. The lowest BCUT2D eigenvalue weighted by molar-refractivity contribution is 0.102. The normalized spacial score (nSPS) is 14.7.